The second-order valence-corrected chi connectivity index (χ2v) is 11.8. The van der Waals surface area contributed by atoms with E-state index < -0.39 is 58.0 Å². The maximum atomic E-state index is 12.0. The van der Waals surface area contributed by atoms with E-state index >= 15 is 0 Å². The Balaban J connectivity index is -0.00000176. The summed E-state index contributed by atoms with van der Waals surface area (Å²) in [4.78, 5) is 56.8. The Bertz CT molecular complexity index is 1660. The molecule has 0 amide bonds. The van der Waals surface area contributed by atoms with E-state index in [9.17, 15) is 43.1 Å². The molecular formula is C29H51O18P3. The summed E-state index contributed by atoms with van der Waals surface area (Å²) in [7, 11) is -10.9. The van der Waals surface area contributed by atoms with E-state index in [1.807, 2.05) is 0 Å². The van der Waals surface area contributed by atoms with Crippen LogP contribution in [0.5, 0.6) is 63.2 Å². The predicted octanol–water partition coefficient (Wildman–Crippen LogP) is 7.85. The first-order valence-corrected chi connectivity index (χ1v) is 16.2. The number of hydrogen-bond donors (Lipinski definition) is 6. The number of methoxy groups -OCH3 is 4. The minimum Gasteiger partial charge on any atom is -0.493 e. The van der Waals surface area contributed by atoms with Crippen LogP contribution in [0.2, 0.25) is 0 Å². The van der Waals surface area contributed by atoms with Crippen molar-refractivity contribution in [2.75, 3.05) is 28.4 Å². The van der Waals surface area contributed by atoms with Gasteiger partial charge in [0.05, 0.1) is 28.4 Å². The Kier molecular flexibility index (Phi) is 22.2. The fraction of sp³-hybridized carbons (Fsp3) is 0.379. The number of phosphoric ester groups is 3. The zero-order chi connectivity index (χ0) is 33.0. The van der Waals surface area contributed by atoms with Gasteiger partial charge in [-0.1, -0.05) is 44.6 Å². The van der Waals surface area contributed by atoms with E-state index in [1.54, 1.807) is 6.92 Å². The molecule has 21 heteroatoms. The van der Waals surface area contributed by atoms with Crippen LogP contribution in [-0.2, 0) is 13.7 Å². The second kappa shape index (κ2) is 20.9. The first-order chi connectivity index (χ1) is 20.4. The molecule has 0 saturated carbocycles. The van der Waals surface area contributed by atoms with Gasteiger partial charge in [-0.05, 0) is 48.9 Å². The molecule has 0 radical (unpaired) electrons. The summed E-state index contributed by atoms with van der Waals surface area (Å²) >= 11 is 0. The van der Waals surface area contributed by atoms with Gasteiger partial charge >= 0.3 is 23.5 Å². The lowest BCUT2D eigenvalue weighted by Crippen LogP contribution is -2.02. The molecule has 50 heavy (non-hydrogen) atoms. The molecule has 0 aromatic heterocycles. The Morgan fingerprint density at radius 2 is 0.760 bits per heavy atom. The summed E-state index contributed by atoms with van der Waals surface area (Å²) in [6.07, 6.45) is 0. The van der Waals surface area contributed by atoms with E-state index in [4.69, 9.17) is 42.0 Å². The topological polar surface area (TPSA) is 256 Å². The number of phosphoric acid groups is 3. The summed E-state index contributed by atoms with van der Waals surface area (Å²) in [5, 5.41) is 0. The van der Waals surface area contributed by atoms with E-state index in [2.05, 4.69) is 0 Å². The zero-order valence-corrected chi connectivity index (χ0v) is 26.1. The zero-order valence-electron chi connectivity index (χ0n) is 23.4. The lowest BCUT2D eigenvalue weighted by Gasteiger charge is -2.21. The van der Waals surface area contributed by atoms with Crippen molar-refractivity contribution in [2.24, 2.45) is 0 Å². The van der Waals surface area contributed by atoms with Crippen molar-refractivity contribution < 1.29 is 85.0 Å². The molecule has 0 aliphatic heterocycles. The lowest BCUT2D eigenvalue weighted by atomic mass is 10.2. The molecule has 3 aromatic carbocycles. The molecule has 0 bridgehead atoms. The van der Waals surface area contributed by atoms with Crippen LogP contribution in [-0.4, -0.2) is 57.8 Å². The molecule has 0 fully saturated rings. The highest BCUT2D eigenvalue weighted by Crippen LogP contribution is 2.57. The first kappa shape index (κ1) is 53.1. The van der Waals surface area contributed by atoms with Crippen LogP contribution >= 0.6 is 23.5 Å². The summed E-state index contributed by atoms with van der Waals surface area (Å²) in [5.74, 6) is -4.25. The Morgan fingerprint density at radius 3 is 1.14 bits per heavy atom. The third kappa shape index (κ3) is 13.9. The predicted molar refractivity (Wildman–Crippen MR) is 189 cm³/mol. The van der Waals surface area contributed by atoms with Gasteiger partial charge in [0, 0.05) is 0 Å². The van der Waals surface area contributed by atoms with E-state index in [0.29, 0.717) is 5.56 Å². The quantitative estimate of drug-likeness (QED) is 0.0851. The van der Waals surface area contributed by atoms with Crippen LogP contribution in [0, 0.1) is 6.92 Å². The number of benzene rings is 3. The minimum atomic E-state index is -5.34. The van der Waals surface area contributed by atoms with Gasteiger partial charge in [0.25, 0.3) is 0 Å². The lowest BCUT2D eigenvalue weighted by molar-refractivity contribution is 0.261. The minimum absolute atomic E-state index is 0. The van der Waals surface area contributed by atoms with Crippen molar-refractivity contribution in [1.82, 2.24) is 0 Å². The maximum absolute atomic E-state index is 12.0. The fourth-order valence-electron chi connectivity index (χ4n) is 3.64. The van der Waals surface area contributed by atoms with E-state index in [-0.39, 0.29) is 73.3 Å². The molecule has 6 N–H and O–H groups in total. The molecule has 3 aromatic rings. The largest absolute Gasteiger partial charge is 0.525 e. The van der Waals surface area contributed by atoms with Gasteiger partial charge in [0.15, 0.2) is 34.5 Å². The van der Waals surface area contributed by atoms with Gasteiger partial charge < -0.3 is 42.0 Å². The molecule has 18 nitrogen and oxygen atoms in total. The van der Waals surface area contributed by atoms with Gasteiger partial charge in [-0.25, -0.2) is 13.7 Å². The summed E-state index contributed by atoms with van der Waals surface area (Å²) in [5.41, 5.74) is 0.467. The average Bonchev–Trinajstić information content (AvgIpc) is 2.89. The highest BCUT2D eigenvalue weighted by Gasteiger charge is 2.31. The molecule has 0 spiro atoms. The van der Waals surface area contributed by atoms with Crippen LogP contribution in [0.15, 0.2) is 36.4 Å². The van der Waals surface area contributed by atoms with Crippen molar-refractivity contribution in [1.29, 1.82) is 0 Å². The van der Waals surface area contributed by atoms with Gasteiger partial charge in [0.2, 0.25) is 28.7 Å². The third-order valence-electron chi connectivity index (χ3n) is 5.16. The molecule has 0 unspecified atom stereocenters. The Hall–Kier alpha value is -3.69. The van der Waals surface area contributed by atoms with Crippen LogP contribution in [0.3, 0.4) is 0 Å². The van der Waals surface area contributed by atoms with Gasteiger partial charge in [-0.15, -0.1) is 0 Å². The summed E-state index contributed by atoms with van der Waals surface area (Å²) < 4.78 is 81.9. The van der Waals surface area contributed by atoms with E-state index in [1.165, 1.54) is 44.6 Å². The molecule has 0 heterocycles. The number of rotatable bonds is 14. The smallest absolute Gasteiger partial charge is 0.493 e. The fourth-order valence-corrected chi connectivity index (χ4v) is 4.85. The first-order valence-electron chi connectivity index (χ1n) is 11.6. The summed E-state index contributed by atoms with van der Waals surface area (Å²) in [6.45, 7) is 1.58. The van der Waals surface area contributed by atoms with Crippen molar-refractivity contribution in [3.05, 3.63) is 42.0 Å². The van der Waals surface area contributed by atoms with Crippen LogP contribution < -0.4 is 42.0 Å². The second-order valence-electron chi connectivity index (χ2n) is 8.30. The van der Waals surface area contributed by atoms with Crippen molar-refractivity contribution in [3.8, 4) is 63.2 Å². The van der Waals surface area contributed by atoms with Gasteiger partial charge in [0.1, 0.15) is 0 Å². The highest BCUT2D eigenvalue weighted by atomic mass is 31.2. The standard InChI is InChI=1S/C23H27O18P3.6CH4/c1-12-10-17(34-3)19(18(11-12)39-42(24,25)26)38-15-8-9-16(23(21(15)36-5)41-44(30,31)32)37-14-7-6-13(33-2)22(20(14)35-4)40-43(27,28)29;;;;;;/h6-11H,1-5H3,(H2,24,25,26)(H2,27,28,29)(H2,30,31,32);6*1H4. The highest BCUT2D eigenvalue weighted by molar-refractivity contribution is 7.47. The normalized spacial score (nSPS) is 10.4. The molecule has 290 valence electrons. The van der Waals surface area contributed by atoms with Crippen molar-refractivity contribution >= 4 is 23.5 Å². The average molecular weight is 781 g/mol. The Labute approximate surface area is 293 Å². The van der Waals surface area contributed by atoms with Crippen LogP contribution in [0.4, 0.5) is 0 Å². The number of aryl methyl sites for hydroxylation is 1. The van der Waals surface area contributed by atoms with Crippen LogP contribution in [0.25, 0.3) is 0 Å². The van der Waals surface area contributed by atoms with Gasteiger partial charge in [-0.3, -0.25) is 29.4 Å². The SMILES string of the molecule is C.C.C.C.C.C.COc1cc(C)cc(OP(=O)(O)O)c1Oc1ccc(Oc2ccc(OC)c(OP(=O)(O)O)c2OC)c(OP(=O)(O)O)c1OC. The number of ether oxygens (including phenoxy) is 6. The van der Waals surface area contributed by atoms with Crippen LogP contribution in [0.1, 0.15) is 50.1 Å². The molecule has 0 aliphatic carbocycles. The Morgan fingerprint density at radius 1 is 0.420 bits per heavy atom. The van der Waals surface area contributed by atoms with Crippen molar-refractivity contribution in [2.45, 2.75) is 51.5 Å². The molecule has 3 rings (SSSR count). The summed E-state index contributed by atoms with van der Waals surface area (Å²) in [6, 6.07) is 7.39. The molecular weight excluding hydrogens is 729 g/mol. The monoisotopic (exact) mass is 780 g/mol. The molecule has 0 saturated heterocycles. The van der Waals surface area contributed by atoms with Crippen molar-refractivity contribution in [3.63, 3.8) is 0 Å². The molecule has 0 aliphatic rings. The third-order valence-corrected chi connectivity index (χ3v) is 6.44. The van der Waals surface area contributed by atoms with E-state index in [0.717, 1.165) is 20.3 Å². The number of hydrogen-bond acceptors (Lipinski definition) is 12. The molecule has 0 atom stereocenters. The van der Waals surface area contributed by atoms with Gasteiger partial charge in [-0.2, -0.15) is 0 Å². The maximum Gasteiger partial charge on any atom is 0.525 e.